The Balaban J connectivity index is 1.82. The summed E-state index contributed by atoms with van der Waals surface area (Å²) < 4.78 is 29.2. The van der Waals surface area contributed by atoms with Crippen molar-refractivity contribution in [2.45, 2.75) is 33.4 Å². The fourth-order valence-corrected chi connectivity index (χ4v) is 4.96. The van der Waals surface area contributed by atoms with Gasteiger partial charge in [-0.15, -0.1) is 0 Å². The van der Waals surface area contributed by atoms with Crippen molar-refractivity contribution in [3.8, 4) is 0 Å². The normalized spacial score (nSPS) is 18.4. The molecule has 25 heavy (non-hydrogen) atoms. The molecular weight excluding hydrogens is 356 g/mol. The first-order valence-corrected chi connectivity index (χ1v) is 10.2. The second-order valence-corrected chi connectivity index (χ2v) is 8.89. The molecule has 0 aromatic heterocycles. The maximum atomic E-state index is 13.0. The summed E-state index contributed by atoms with van der Waals surface area (Å²) in [6.07, 6.45) is 0.814. The van der Waals surface area contributed by atoms with Gasteiger partial charge in [-0.1, -0.05) is 53.6 Å². The summed E-state index contributed by atoms with van der Waals surface area (Å²) in [7, 11) is -3.50. The predicted molar refractivity (Wildman–Crippen MR) is 102 cm³/mol. The summed E-state index contributed by atoms with van der Waals surface area (Å²) in [5, 5.41) is 0.601. The Bertz CT molecular complexity index is 867. The van der Waals surface area contributed by atoms with E-state index in [-0.39, 0.29) is 0 Å². The standard InChI is InChI=1S/C19H23ClN2O2S/c1-15-8-9-16(2)18(12-15)14-22-11-5-10-21(25(22,23)24)13-17-6-3-4-7-19(17)20/h3-4,6-9,12H,5,10-11,13-14H2,1-2H3. The second kappa shape index (κ2) is 7.46. The van der Waals surface area contributed by atoms with Crippen molar-refractivity contribution in [3.63, 3.8) is 0 Å². The van der Waals surface area contributed by atoms with E-state index in [9.17, 15) is 8.42 Å². The topological polar surface area (TPSA) is 40.6 Å². The van der Waals surface area contributed by atoms with Crippen LogP contribution < -0.4 is 0 Å². The lowest BCUT2D eigenvalue weighted by Gasteiger charge is -2.35. The molecule has 0 unspecified atom stereocenters. The molecule has 0 bridgehead atoms. The van der Waals surface area contributed by atoms with E-state index in [1.165, 1.54) is 4.31 Å². The Labute approximate surface area is 155 Å². The van der Waals surface area contributed by atoms with Gasteiger partial charge in [-0.2, -0.15) is 17.0 Å². The van der Waals surface area contributed by atoms with Crippen molar-refractivity contribution in [1.82, 2.24) is 8.61 Å². The molecule has 1 saturated heterocycles. The van der Waals surface area contributed by atoms with Gasteiger partial charge in [0.25, 0.3) is 10.2 Å². The summed E-state index contributed by atoms with van der Waals surface area (Å²) in [6.45, 7) is 5.84. The minimum atomic E-state index is -3.50. The van der Waals surface area contributed by atoms with Gasteiger partial charge in [0.15, 0.2) is 0 Å². The monoisotopic (exact) mass is 378 g/mol. The Morgan fingerprint density at radius 3 is 2.28 bits per heavy atom. The molecule has 0 spiro atoms. The first-order valence-electron chi connectivity index (χ1n) is 8.42. The van der Waals surface area contributed by atoms with E-state index in [1.807, 2.05) is 44.2 Å². The van der Waals surface area contributed by atoms with Crippen molar-refractivity contribution in [2.24, 2.45) is 0 Å². The molecule has 4 nitrogen and oxygen atoms in total. The van der Waals surface area contributed by atoms with Gasteiger partial charge in [0.1, 0.15) is 0 Å². The lowest BCUT2D eigenvalue weighted by atomic mass is 10.1. The Morgan fingerprint density at radius 1 is 0.960 bits per heavy atom. The highest BCUT2D eigenvalue weighted by atomic mass is 35.5. The maximum absolute atomic E-state index is 13.0. The van der Waals surface area contributed by atoms with Crippen LogP contribution in [0.4, 0.5) is 0 Å². The zero-order valence-corrected chi connectivity index (χ0v) is 16.1. The molecule has 0 N–H and O–H groups in total. The van der Waals surface area contributed by atoms with Crippen LogP contribution in [0.5, 0.6) is 0 Å². The average Bonchev–Trinajstić information content (AvgIpc) is 2.56. The molecule has 0 radical (unpaired) electrons. The molecule has 1 fully saturated rings. The van der Waals surface area contributed by atoms with Crippen LogP contribution >= 0.6 is 11.6 Å². The lowest BCUT2D eigenvalue weighted by Crippen LogP contribution is -2.48. The Morgan fingerprint density at radius 2 is 1.60 bits per heavy atom. The first kappa shape index (κ1) is 18.4. The quantitative estimate of drug-likeness (QED) is 0.809. The number of halogens is 1. The van der Waals surface area contributed by atoms with Gasteiger partial charge in [0, 0.05) is 31.2 Å². The smallest absolute Gasteiger partial charge is 0.195 e. The van der Waals surface area contributed by atoms with Crippen molar-refractivity contribution in [3.05, 3.63) is 69.7 Å². The SMILES string of the molecule is Cc1ccc(C)c(CN2CCCN(Cc3ccccc3Cl)S2(=O)=O)c1. The van der Waals surface area contributed by atoms with E-state index >= 15 is 0 Å². The fraction of sp³-hybridized carbons (Fsp3) is 0.368. The highest BCUT2D eigenvalue weighted by molar-refractivity contribution is 7.86. The third-order valence-corrected chi connectivity index (χ3v) is 6.92. The lowest BCUT2D eigenvalue weighted by molar-refractivity contribution is 0.276. The highest BCUT2D eigenvalue weighted by Gasteiger charge is 2.34. The van der Waals surface area contributed by atoms with Gasteiger partial charge < -0.3 is 0 Å². The van der Waals surface area contributed by atoms with Crippen LogP contribution in [0, 0.1) is 13.8 Å². The van der Waals surface area contributed by atoms with Gasteiger partial charge in [-0.3, -0.25) is 0 Å². The first-order chi connectivity index (χ1) is 11.9. The zero-order valence-electron chi connectivity index (χ0n) is 14.6. The molecule has 0 aliphatic carbocycles. The van der Waals surface area contributed by atoms with Gasteiger partial charge >= 0.3 is 0 Å². The van der Waals surface area contributed by atoms with E-state index in [4.69, 9.17) is 11.6 Å². The van der Waals surface area contributed by atoms with Crippen molar-refractivity contribution >= 4 is 21.8 Å². The predicted octanol–water partition coefficient (Wildman–Crippen LogP) is 3.91. The number of hydrogen-bond acceptors (Lipinski definition) is 2. The summed E-state index contributed by atoms with van der Waals surface area (Å²) in [4.78, 5) is 0. The van der Waals surface area contributed by atoms with E-state index in [0.717, 1.165) is 28.7 Å². The van der Waals surface area contributed by atoms with E-state index < -0.39 is 10.2 Å². The van der Waals surface area contributed by atoms with E-state index in [2.05, 4.69) is 6.07 Å². The van der Waals surface area contributed by atoms with Crippen LogP contribution in [0.25, 0.3) is 0 Å². The van der Waals surface area contributed by atoms with Crippen LogP contribution in [0.1, 0.15) is 28.7 Å². The summed E-state index contributed by atoms with van der Waals surface area (Å²) >= 11 is 6.21. The van der Waals surface area contributed by atoms with Crippen LogP contribution in [-0.2, 0) is 23.3 Å². The Hall–Kier alpha value is -1.40. The van der Waals surface area contributed by atoms with Crippen molar-refractivity contribution in [2.75, 3.05) is 13.1 Å². The number of aryl methyl sites for hydroxylation is 2. The molecule has 1 aliphatic rings. The van der Waals surface area contributed by atoms with Gasteiger partial charge in [-0.25, -0.2) is 0 Å². The number of hydrogen-bond donors (Lipinski definition) is 0. The Kier molecular flexibility index (Phi) is 5.49. The summed E-state index contributed by atoms with van der Waals surface area (Å²) in [5.41, 5.74) is 4.15. The maximum Gasteiger partial charge on any atom is 0.282 e. The van der Waals surface area contributed by atoms with Crippen LogP contribution in [-0.4, -0.2) is 30.1 Å². The second-order valence-electron chi connectivity index (χ2n) is 6.55. The highest BCUT2D eigenvalue weighted by Crippen LogP contribution is 2.25. The minimum Gasteiger partial charge on any atom is -0.195 e. The zero-order chi connectivity index (χ0) is 18.0. The molecule has 134 valence electrons. The molecular formula is C19H23ClN2O2S. The van der Waals surface area contributed by atoms with E-state index in [1.54, 1.807) is 10.4 Å². The average molecular weight is 379 g/mol. The number of benzene rings is 2. The van der Waals surface area contributed by atoms with Crippen LogP contribution in [0.15, 0.2) is 42.5 Å². The van der Waals surface area contributed by atoms with Gasteiger partial charge in [0.2, 0.25) is 0 Å². The molecule has 1 heterocycles. The third-order valence-electron chi connectivity index (χ3n) is 4.62. The van der Waals surface area contributed by atoms with Crippen LogP contribution in [0.3, 0.4) is 0 Å². The largest absolute Gasteiger partial charge is 0.282 e. The summed E-state index contributed by atoms with van der Waals surface area (Å²) in [5.74, 6) is 0. The van der Waals surface area contributed by atoms with Gasteiger partial charge in [-0.05, 0) is 43.0 Å². The molecule has 1 aliphatic heterocycles. The molecule has 0 saturated carbocycles. The van der Waals surface area contributed by atoms with Crippen molar-refractivity contribution in [1.29, 1.82) is 0 Å². The molecule has 3 rings (SSSR count). The van der Waals surface area contributed by atoms with E-state index in [0.29, 0.717) is 31.2 Å². The van der Waals surface area contributed by atoms with Gasteiger partial charge in [0.05, 0.1) is 0 Å². The van der Waals surface area contributed by atoms with Crippen molar-refractivity contribution < 1.29 is 8.42 Å². The number of rotatable bonds is 4. The summed E-state index contributed by atoms with van der Waals surface area (Å²) in [6, 6.07) is 13.6. The van der Waals surface area contributed by atoms with Crippen LogP contribution in [0.2, 0.25) is 5.02 Å². The molecule has 2 aromatic carbocycles. The fourth-order valence-electron chi connectivity index (χ4n) is 3.12. The molecule has 0 atom stereocenters. The minimum absolute atomic E-state index is 0.311. The third kappa shape index (κ3) is 4.06. The molecule has 2 aromatic rings. The molecule has 0 amide bonds. The molecule has 6 heteroatoms. The number of nitrogens with zero attached hydrogens (tertiary/aromatic N) is 2.